The molecule has 2 fully saturated rings. The third kappa shape index (κ3) is 3.25. The van der Waals surface area contributed by atoms with Gasteiger partial charge >= 0.3 is 0 Å². The molecule has 5 rings (SSSR count). The van der Waals surface area contributed by atoms with Gasteiger partial charge in [-0.15, -0.1) is 0 Å². The van der Waals surface area contributed by atoms with Gasteiger partial charge in [0.15, 0.2) is 0 Å². The summed E-state index contributed by atoms with van der Waals surface area (Å²) in [6.07, 6.45) is 8.03. The van der Waals surface area contributed by atoms with Gasteiger partial charge in [-0.2, -0.15) is 0 Å². The third-order valence-electron chi connectivity index (χ3n) is 6.29. The minimum Gasteiger partial charge on any atom is -0.370 e. The highest BCUT2D eigenvalue weighted by Crippen LogP contribution is 2.49. The average Bonchev–Trinajstić information content (AvgIpc) is 3.02. The molecule has 1 aliphatic heterocycles. The van der Waals surface area contributed by atoms with Gasteiger partial charge in [0.2, 0.25) is 5.78 Å². The molecule has 2 aromatic heterocycles. The van der Waals surface area contributed by atoms with Gasteiger partial charge in [-0.25, -0.2) is 9.97 Å². The Morgan fingerprint density at radius 3 is 2.66 bits per heavy atom. The lowest BCUT2D eigenvalue weighted by Gasteiger charge is -2.57. The number of benzene rings is 1. The number of aryl methyl sites for hydroxylation is 1. The summed E-state index contributed by atoms with van der Waals surface area (Å²) >= 11 is 6.06. The van der Waals surface area contributed by atoms with Crippen LogP contribution in [0.3, 0.4) is 0 Å². The van der Waals surface area contributed by atoms with Crippen molar-refractivity contribution in [3.05, 3.63) is 58.6 Å². The quantitative estimate of drug-likeness (QED) is 0.694. The van der Waals surface area contributed by atoms with Crippen LogP contribution in [-0.4, -0.2) is 33.4 Å². The zero-order valence-corrected chi connectivity index (χ0v) is 17.2. The molecule has 150 valence electrons. The first-order valence-electron chi connectivity index (χ1n) is 10.2. The first-order chi connectivity index (χ1) is 14.1. The monoisotopic (exact) mass is 409 g/mol. The van der Waals surface area contributed by atoms with E-state index in [4.69, 9.17) is 11.6 Å². The van der Waals surface area contributed by atoms with E-state index < -0.39 is 0 Å². The van der Waals surface area contributed by atoms with E-state index in [1.165, 1.54) is 44.2 Å². The maximum atomic E-state index is 12.9. The SMILES string of the molecule is CCc1nc2ncc(Cl)cn2c1C(=O)NCc1ccc(N2CC3(CCC3)C2)cc1. The Kier molecular flexibility index (Phi) is 4.46. The van der Waals surface area contributed by atoms with Crippen molar-refractivity contribution in [1.82, 2.24) is 19.7 Å². The lowest BCUT2D eigenvalue weighted by atomic mass is 9.63. The summed E-state index contributed by atoms with van der Waals surface area (Å²) in [7, 11) is 0. The van der Waals surface area contributed by atoms with Crippen molar-refractivity contribution in [2.45, 2.75) is 39.2 Å². The van der Waals surface area contributed by atoms with Crippen LogP contribution in [0.2, 0.25) is 5.02 Å². The number of imidazole rings is 1. The fourth-order valence-corrected chi connectivity index (χ4v) is 4.62. The van der Waals surface area contributed by atoms with Crippen molar-refractivity contribution in [2.75, 3.05) is 18.0 Å². The first kappa shape index (κ1) is 18.4. The molecule has 0 radical (unpaired) electrons. The number of carbonyl (C=O) groups is 1. The molecule has 0 atom stereocenters. The van der Waals surface area contributed by atoms with Gasteiger partial charge < -0.3 is 10.2 Å². The van der Waals surface area contributed by atoms with Crippen LogP contribution in [0.4, 0.5) is 5.69 Å². The Balaban J connectivity index is 1.26. The highest BCUT2D eigenvalue weighted by Gasteiger charge is 2.47. The summed E-state index contributed by atoms with van der Waals surface area (Å²) in [6.45, 7) is 4.82. The molecule has 1 saturated carbocycles. The minimum absolute atomic E-state index is 0.169. The fourth-order valence-electron chi connectivity index (χ4n) is 4.47. The molecule has 6 nitrogen and oxygen atoms in total. The number of hydrogen-bond acceptors (Lipinski definition) is 4. The lowest BCUT2D eigenvalue weighted by Crippen LogP contribution is -2.59. The molecule has 1 aromatic carbocycles. The van der Waals surface area contributed by atoms with Crippen LogP contribution < -0.4 is 10.2 Å². The second-order valence-corrected chi connectivity index (χ2v) is 8.70. The predicted octanol–water partition coefficient (Wildman–Crippen LogP) is 3.87. The number of rotatable bonds is 5. The Morgan fingerprint density at radius 2 is 2.00 bits per heavy atom. The number of fused-ring (bicyclic) bond motifs is 1. The molecule has 1 saturated heterocycles. The van der Waals surface area contributed by atoms with Crippen molar-refractivity contribution in [1.29, 1.82) is 0 Å². The van der Waals surface area contributed by atoms with Crippen LogP contribution in [0.25, 0.3) is 5.78 Å². The smallest absolute Gasteiger partial charge is 0.270 e. The summed E-state index contributed by atoms with van der Waals surface area (Å²) < 4.78 is 1.67. The molecule has 1 N–H and O–H groups in total. The summed E-state index contributed by atoms with van der Waals surface area (Å²) in [6, 6.07) is 8.49. The molecule has 0 bridgehead atoms. The maximum Gasteiger partial charge on any atom is 0.270 e. The third-order valence-corrected chi connectivity index (χ3v) is 6.49. The summed E-state index contributed by atoms with van der Waals surface area (Å²) in [4.78, 5) is 24.0. The zero-order valence-electron chi connectivity index (χ0n) is 16.5. The normalized spacial score (nSPS) is 17.2. The van der Waals surface area contributed by atoms with Gasteiger partial charge in [-0.1, -0.05) is 37.1 Å². The van der Waals surface area contributed by atoms with E-state index in [0.29, 0.717) is 34.9 Å². The number of nitrogens with one attached hydrogen (secondary N) is 1. The molecule has 3 aromatic rings. The Hall–Kier alpha value is -2.60. The lowest BCUT2D eigenvalue weighted by molar-refractivity contribution is 0.0904. The second kappa shape index (κ2) is 7.02. The Morgan fingerprint density at radius 1 is 1.24 bits per heavy atom. The summed E-state index contributed by atoms with van der Waals surface area (Å²) in [5.74, 6) is 0.316. The minimum atomic E-state index is -0.169. The molecular formula is C22H24ClN5O. The van der Waals surface area contributed by atoms with Crippen LogP contribution in [0, 0.1) is 5.41 Å². The molecule has 29 heavy (non-hydrogen) atoms. The number of halogens is 1. The fraction of sp³-hybridized carbons (Fsp3) is 0.409. The Bertz CT molecular complexity index is 1060. The molecule has 1 spiro atoms. The van der Waals surface area contributed by atoms with Gasteiger partial charge in [0.05, 0.1) is 16.9 Å². The van der Waals surface area contributed by atoms with Crippen molar-refractivity contribution in [3.63, 3.8) is 0 Å². The van der Waals surface area contributed by atoms with Crippen molar-refractivity contribution >= 4 is 29.0 Å². The average molecular weight is 410 g/mol. The number of amides is 1. The second-order valence-electron chi connectivity index (χ2n) is 8.26. The highest BCUT2D eigenvalue weighted by molar-refractivity contribution is 6.30. The van der Waals surface area contributed by atoms with Crippen molar-refractivity contribution < 1.29 is 4.79 Å². The number of aromatic nitrogens is 3. The van der Waals surface area contributed by atoms with Gasteiger partial charge in [-0.3, -0.25) is 9.20 Å². The van der Waals surface area contributed by atoms with E-state index in [2.05, 4.69) is 44.5 Å². The molecule has 7 heteroatoms. The van der Waals surface area contributed by atoms with Crippen LogP contribution in [-0.2, 0) is 13.0 Å². The first-order valence-corrected chi connectivity index (χ1v) is 10.6. The van der Waals surface area contributed by atoms with Gasteiger partial charge in [-0.05, 0) is 37.0 Å². The van der Waals surface area contributed by atoms with E-state index in [9.17, 15) is 4.79 Å². The largest absolute Gasteiger partial charge is 0.370 e. The van der Waals surface area contributed by atoms with Gasteiger partial charge in [0, 0.05) is 36.9 Å². The van der Waals surface area contributed by atoms with Crippen molar-refractivity contribution in [3.8, 4) is 0 Å². The number of hydrogen-bond donors (Lipinski definition) is 1. The van der Waals surface area contributed by atoms with E-state index in [1.807, 2.05) is 6.92 Å². The van der Waals surface area contributed by atoms with Crippen molar-refractivity contribution in [2.24, 2.45) is 5.41 Å². The topological polar surface area (TPSA) is 62.5 Å². The van der Waals surface area contributed by atoms with E-state index >= 15 is 0 Å². The van der Waals surface area contributed by atoms with Gasteiger partial charge in [0.25, 0.3) is 5.91 Å². The van der Waals surface area contributed by atoms with E-state index in [-0.39, 0.29) is 5.91 Å². The molecule has 1 aliphatic carbocycles. The van der Waals surface area contributed by atoms with E-state index in [1.54, 1.807) is 10.6 Å². The number of anilines is 1. The van der Waals surface area contributed by atoms with Crippen LogP contribution >= 0.6 is 11.6 Å². The molecule has 2 aliphatic rings. The standard InChI is InChI=1S/C22H24ClN5O/c1-2-18-19(28-12-16(23)11-25-21(28)26-18)20(29)24-10-15-4-6-17(7-5-15)27-13-22(14-27)8-3-9-22/h4-7,11-12H,2-3,8-10,13-14H2,1H3,(H,24,29). The summed E-state index contributed by atoms with van der Waals surface area (Å²) in [5, 5.41) is 3.48. The summed E-state index contributed by atoms with van der Waals surface area (Å²) in [5.41, 5.74) is 4.18. The molecule has 0 unspecified atom stereocenters. The van der Waals surface area contributed by atoms with Crippen LogP contribution in [0.15, 0.2) is 36.7 Å². The van der Waals surface area contributed by atoms with Crippen LogP contribution in [0.1, 0.15) is 47.9 Å². The van der Waals surface area contributed by atoms with Gasteiger partial charge in [0.1, 0.15) is 5.69 Å². The molecule has 3 heterocycles. The maximum absolute atomic E-state index is 12.9. The molecular weight excluding hydrogens is 386 g/mol. The number of carbonyl (C=O) groups excluding carboxylic acids is 1. The molecule has 1 amide bonds. The van der Waals surface area contributed by atoms with Crippen LogP contribution in [0.5, 0.6) is 0 Å². The predicted molar refractivity (Wildman–Crippen MR) is 113 cm³/mol. The van der Waals surface area contributed by atoms with E-state index in [0.717, 1.165) is 11.3 Å². The highest BCUT2D eigenvalue weighted by atomic mass is 35.5. The number of nitrogens with zero attached hydrogens (tertiary/aromatic N) is 4. The Labute approximate surface area is 174 Å². The zero-order chi connectivity index (χ0) is 20.0.